The molecule has 1 N–H and O–H groups in total. The fourth-order valence-electron chi connectivity index (χ4n) is 3.19. The molecule has 1 atom stereocenters. The van der Waals surface area contributed by atoms with Crippen molar-refractivity contribution < 1.29 is 14.7 Å². The molecular weight excluding hydrogens is 288 g/mol. The van der Waals surface area contributed by atoms with E-state index in [4.69, 9.17) is 0 Å². The Morgan fingerprint density at radius 1 is 1.33 bits per heavy atom. The highest BCUT2D eigenvalue weighted by molar-refractivity contribution is 7.10. The molecule has 2 aliphatic heterocycles. The van der Waals surface area contributed by atoms with E-state index >= 15 is 0 Å². The van der Waals surface area contributed by atoms with Gasteiger partial charge in [0.15, 0.2) is 0 Å². The molecule has 0 bridgehead atoms. The molecule has 1 aromatic rings. The van der Waals surface area contributed by atoms with Crippen molar-refractivity contribution in [3.8, 4) is 0 Å². The van der Waals surface area contributed by atoms with Crippen LogP contribution < -0.4 is 0 Å². The maximum Gasteiger partial charge on any atom is 0.320 e. The lowest BCUT2D eigenvalue weighted by Gasteiger charge is -2.40. The molecule has 0 spiro atoms. The number of hydrogen-bond donors (Lipinski definition) is 1. The van der Waals surface area contributed by atoms with Gasteiger partial charge in [-0.15, -0.1) is 11.3 Å². The van der Waals surface area contributed by atoms with Crippen LogP contribution in [0.3, 0.4) is 0 Å². The van der Waals surface area contributed by atoms with E-state index in [0.717, 1.165) is 19.4 Å². The number of rotatable bonds is 1. The maximum atomic E-state index is 12.7. The fourth-order valence-corrected chi connectivity index (χ4v) is 4.08. The first-order chi connectivity index (χ1) is 9.99. The van der Waals surface area contributed by atoms with Crippen LogP contribution in [-0.2, 0) is 17.8 Å². The lowest BCUT2D eigenvalue weighted by atomic mass is 9.82. The van der Waals surface area contributed by atoms with Crippen molar-refractivity contribution in [2.45, 2.75) is 32.7 Å². The van der Waals surface area contributed by atoms with E-state index < -0.39 is 11.4 Å². The monoisotopic (exact) mass is 308 g/mol. The van der Waals surface area contributed by atoms with Crippen molar-refractivity contribution in [3.05, 3.63) is 21.9 Å². The van der Waals surface area contributed by atoms with E-state index in [0.29, 0.717) is 26.1 Å². The molecule has 0 aliphatic carbocycles. The number of urea groups is 1. The van der Waals surface area contributed by atoms with E-state index in [1.165, 1.54) is 10.4 Å². The summed E-state index contributed by atoms with van der Waals surface area (Å²) in [5.74, 6) is -0.807. The van der Waals surface area contributed by atoms with Crippen LogP contribution in [-0.4, -0.2) is 46.5 Å². The number of nitrogens with zero attached hydrogens (tertiary/aromatic N) is 2. The number of hydrogen-bond acceptors (Lipinski definition) is 3. The molecule has 0 aromatic carbocycles. The highest BCUT2D eigenvalue weighted by atomic mass is 32.1. The molecule has 1 saturated heterocycles. The highest BCUT2D eigenvalue weighted by Crippen LogP contribution is 2.31. The number of thiophene rings is 1. The summed E-state index contributed by atoms with van der Waals surface area (Å²) < 4.78 is 0. The van der Waals surface area contributed by atoms with Crippen LogP contribution in [0, 0.1) is 5.41 Å². The molecule has 21 heavy (non-hydrogen) atoms. The van der Waals surface area contributed by atoms with Gasteiger partial charge in [0.05, 0.1) is 5.41 Å². The Morgan fingerprint density at radius 3 is 2.90 bits per heavy atom. The van der Waals surface area contributed by atoms with Crippen LogP contribution in [0.25, 0.3) is 0 Å². The third kappa shape index (κ3) is 2.64. The SMILES string of the molecule is CC1(C(=O)O)CCCN(C(=O)N2CCc3sccc3C2)C1. The van der Waals surface area contributed by atoms with Gasteiger partial charge in [-0.3, -0.25) is 4.79 Å². The lowest BCUT2D eigenvalue weighted by Crippen LogP contribution is -2.53. The first-order valence-electron chi connectivity index (χ1n) is 7.32. The Morgan fingerprint density at radius 2 is 2.14 bits per heavy atom. The summed E-state index contributed by atoms with van der Waals surface area (Å²) in [6, 6.07) is 2.07. The summed E-state index contributed by atoms with van der Waals surface area (Å²) in [5.41, 5.74) is 0.426. The number of carbonyl (C=O) groups excluding carboxylic acids is 1. The average Bonchev–Trinajstić information content (AvgIpc) is 2.93. The molecule has 2 aliphatic rings. The second kappa shape index (κ2) is 5.33. The van der Waals surface area contributed by atoms with Gasteiger partial charge < -0.3 is 14.9 Å². The van der Waals surface area contributed by atoms with E-state index in [9.17, 15) is 14.7 Å². The van der Waals surface area contributed by atoms with Crippen LogP contribution in [0.15, 0.2) is 11.4 Å². The van der Waals surface area contributed by atoms with Gasteiger partial charge >= 0.3 is 12.0 Å². The zero-order chi connectivity index (χ0) is 15.0. The molecule has 5 nitrogen and oxygen atoms in total. The van der Waals surface area contributed by atoms with Crippen molar-refractivity contribution in [1.82, 2.24) is 9.80 Å². The van der Waals surface area contributed by atoms with Crippen LogP contribution in [0.4, 0.5) is 4.79 Å². The van der Waals surface area contributed by atoms with Gasteiger partial charge in [0.1, 0.15) is 0 Å². The second-order valence-electron chi connectivity index (χ2n) is 6.21. The number of carboxylic acid groups (broad SMARTS) is 1. The number of amides is 2. The highest BCUT2D eigenvalue weighted by Gasteiger charge is 2.40. The summed E-state index contributed by atoms with van der Waals surface area (Å²) in [4.78, 5) is 29.0. The summed E-state index contributed by atoms with van der Waals surface area (Å²) in [6.45, 7) is 4.09. The number of aliphatic carboxylic acids is 1. The Kier molecular flexibility index (Phi) is 3.65. The largest absolute Gasteiger partial charge is 0.481 e. The van der Waals surface area contributed by atoms with E-state index in [-0.39, 0.29) is 6.03 Å². The van der Waals surface area contributed by atoms with Gasteiger partial charge in [0.2, 0.25) is 0 Å². The predicted octanol–water partition coefficient (Wildman–Crippen LogP) is 2.41. The van der Waals surface area contributed by atoms with E-state index in [2.05, 4.69) is 11.4 Å². The molecular formula is C15H20N2O3S. The molecule has 0 saturated carbocycles. The predicted molar refractivity (Wildman–Crippen MR) is 80.4 cm³/mol. The zero-order valence-corrected chi connectivity index (χ0v) is 13.0. The Balaban J connectivity index is 1.70. The van der Waals surface area contributed by atoms with Crippen molar-refractivity contribution in [1.29, 1.82) is 0 Å². The fraction of sp³-hybridized carbons (Fsp3) is 0.600. The molecule has 114 valence electrons. The molecule has 1 unspecified atom stereocenters. The number of carboxylic acids is 1. The Hall–Kier alpha value is -1.56. The quantitative estimate of drug-likeness (QED) is 0.866. The van der Waals surface area contributed by atoms with Gasteiger partial charge in [-0.2, -0.15) is 0 Å². The minimum Gasteiger partial charge on any atom is -0.481 e. The Bertz CT molecular complexity index is 571. The second-order valence-corrected chi connectivity index (χ2v) is 7.21. The number of piperidine rings is 1. The molecule has 1 fully saturated rings. The van der Waals surface area contributed by atoms with E-state index in [1.54, 1.807) is 23.2 Å². The number of carbonyl (C=O) groups is 2. The first kappa shape index (κ1) is 14.4. The van der Waals surface area contributed by atoms with Crippen LogP contribution in [0.2, 0.25) is 0 Å². The van der Waals surface area contributed by atoms with Crippen LogP contribution >= 0.6 is 11.3 Å². The lowest BCUT2D eigenvalue weighted by molar-refractivity contribution is -0.150. The van der Waals surface area contributed by atoms with Gasteiger partial charge in [0.25, 0.3) is 0 Å². The normalized spacial score (nSPS) is 25.6. The van der Waals surface area contributed by atoms with Gasteiger partial charge in [0, 0.05) is 31.1 Å². The molecule has 6 heteroatoms. The molecule has 3 rings (SSSR count). The average molecular weight is 308 g/mol. The van der Waals surface area contributed by atoms with Crippen molar-refractivity contribution in [2.75, 3.05) is 19.6 Å². The van der Waals surface area contributed by atoms with Crippen molar-refractivity contribution >= 4 is 23.3 Å². The maximum absolute atomic E-state index is 12.7. The number of likely N-dealkylation sites (tertiary alicyclic amines) is 1. The van der Waals surface area contributed by atoms with Gasteiger partial charge in [-0.25, -0.2) is 4.79 Å². The van der Waals surface area contributed by atoms with Crippen LogP contribution in [0.5, 0.6) is 0 Å². The summed E-state index contributed by atoms with van der Waals surface area (Å²) in [7, 11) is 0. The number of fused-ring (bicyclic) bond motifs is 1. The first-order valence-corrected chi connectivity index (χ1v) is 8.20. The topological polar surface area (TPSA) is 60.9 Å². The van der Waals surface area contributed by atoms with Gasteiger partial charge in [-0.05, 0) is 43.2 Å². The van der Waals surface area contributed by atoms with Crippen molar-refractivity contribution in [3.63, 3.8) is 0 Å². The smallest absolute Gasteiger partial charge is 0.320 e. The molecule has 1 aromatic heterocycles. The van der Waals surface area contributed by atoms with Crippen molar-refractivity contribution in [2.24, 2.45) is 5.41 Å². The summed E-state index contributed by atoms with van der Waals surface area (Å²) in [6.07, 6.45) is 2.30. The standard InChI is InChI=1S/C15H20N2O3S/c1-15(13(18)19)5-2-6-17(10-15)14(20)16-7-3-12-11(9-16)4-8-21-12/h4,8H,2-3,5-7,9-10H2,1H3,(H,18,19). The van der Waals surface area contributed by atoms with E-state index in [1.807, 2.05) is 4.90 Å². The molecule has 0 radical (unpaired) electrons. The summed E-state index contributed by atoms with van der Waals surface area (Å²) in [5, 5.41) is 11.4. The third-order valence-electron chi connectivity index (χ3n) is 4.56. The molecule has 3 heterocycles. The van der Waals surface area contributed by atoms with Gasteiger partial charge in [-0.1, -0.05) is 0 Å². The minimum atomic E-state index is -0.808. The third-order valence-corrected chi connectivity index (χ3v) is 5.58. The summed E-state index contributed by atoms with van der Waals surface area (Å²) >= 11 is 1.75. The zero-order valence-electron chi connectivity index (χ0n) is 12.2. The minimum absolute atomic E-state index is 0.0148. The van der Waals surface area contributed by atoms with Crippen LogP contribution in [0.1, 0.15) is 30.2 Å². The molecule has 2 amide bonds. The Labute approximate surface area is 128 Å².